The summed E-state index contributed by atoms with van der Waals surface area (Å²) in [5, 5.41) is 9.90. The number of nitrogens with one attached hydrogen (secondary N) is 1. The van der Waals surface area contributed by atoms with Gasteiger partial charge in [0, 0.05) is 21.6 Å². The van der Waals surface area contributed by atoms with E-state index in [4.69, 9.17) is 4.74 Å². The van der Waals surface area contributed by atoms with E-state index in [0.717, 1.165) is 33.0 Å². The zero-order chi connectivity index (χ0) is 20.2. The minimum atomic E-state index is -0.472. The van der Waals surface area contributed by atoms with Crippen molar-refractivity contribution in [1.29, 1.82) is 0 Å². The second-order valence-electron chi connectivity index (χ2n) is 7.42. The summed E-state index contributed by atoms with van der Waals surface area (Å²) in [5.41, 5.74) is 4.45. The lowest BCUT2D eigenvalue weighted by Gasteiger charge is -2.38. The summed E-state index contributed by atoms with van der Waals surface area (Å²) in [4.78, 5) is 5.44. The highest BCUT2D eigenvalue weighted by Gasteiger charge is 2.42. The lowest BCUT2D eigenvalue weighted by molar-refractivity contribution is 0.226. The minimum Gasteiger partial charge on any atom is -0.480 e. The Morgan fingerprint density at radius 1 is 1.13 bits per heavy atom. The number of aryl methyl sites for hydroxylation is 1. The van der Waals surface area contributed by atoms with Gasteiger partial charge in [-0.2, -0.15) is 10.1 Å². The second-order valence-corrected chi connectivity index (χ2v) is 8.40. The average molecular weight is 416 g/mol. The SMILES string of the molecule is Cc1ccc2c(c1)C1=C([C@H](c3cccs3)O2)[C@H](c2ccccc2F)n2ncnc2N1. The summed E-state index contributed by atoms with van der Waals surface area (Å²) in [7, 11) is 0. The molecule has 0 aliphatic carbocycles. The Labute approximate surface area is 176 Å². The van der Waals surface area contributed by atoms with Crippen molar-refractivity contribution in [1.82, 2.24) is 14.8 Å². The van der Waals surface area contributed by atoms with E-state index in [1.54, 1.807) is 28.2 Å². The molecule has 6 rings (SSSR count). The third-order valence-corrected chi connectivity index (χ3v) is 6.49. The fourth-order valence-corrected chi connectivity index (χ4v) is 5.03. The van der Waals surface area contributed by atoms with Crippen molar-refractivity contribution in [2.75, 3.05) is 5.32 Å². The third kappa shape index (κ3) is 2.52. The fourth-order valence-electron chi connectivity index (χ4n) is 4.26. The first-order valence-corrected chi connectivity index (χ1v) is 10.5. The molecule has 30 heavy (non-hydrogen) atoms. The Hall–Kier alpha value is -3.45. The minimum absolute atomic E-state index is 0.280. The molecule has 0 saturated heterocycles. The number of rotatable bonds is 2. The number of fused-ring (bicyclic) bond motifs is 3. The van der Waals surface area contributed by atoms with Crippen LogP contribution in [0.4, 0.5) is 10.3 Å². The van der Waals surface area contributed by atoms with Crippen molar-refractivity contribution in [2.45, 2.75) is 19.1 Å². The largest absolute Gasteiger partial charge is 0.480 e. The first-order chi connectivity index (χ1) is 14.7. The molecule has 2 aromatic heterocycles. The fraction of sp³-hybridized carbons (Fsp3) is 0.130. The van der Waals surface area contributed by atoms with Gasteiger partial charge in [-0.1, -0.05) is 35.9 Å². The first kappa shape index (κ1) is 17.4. The molecule has 0 unspecified atom stereocenters. The summed E-state index contributed by atoms with van der Waals surface area (Å²) >= 11 is 1.62. The highest BCUT2D eigenvalue weighted by atomic mass is 32.1. The van der Waals surface area contributed by atoms with E-state index in [2.05, 4.69) is 27.5 Å². The zero-order valence-corrected chi connectivity index (χ0v) is 16.9. The molecule has 4 heterocycles. The van der Waals surface area contributed by atoms with Crippen LogP contribution in [-0.4, -0.2) is 14.8 Å². The number of hydrogen-bond donors (Lipinski definition) is 1. The predicted octanol–water partition coefficient (Wildman–Crippen LogP) is 5.35. The van der Waals surface area contributed by atoms with Crippen molar-refractivity contribution in [3.63, 3.8) is 0 Å². The summed E-state index contributed by atoms with van der Waals surface area (Å²) < 4.78 is 23.3. The van der Waals surface area contributed by atoms with Crippen LogP contribution in [0.1, 0.15) is 33.7 Å². The van der Waals surface area contributed by atoms with Crippen LogP contribution in [-0.2, 0) is 0 Å². The van der Waals surface area contributed by atoms with Crippen molar-refractivity contribution in [2.24, 2.45) is 0 Å². The molecule has 5 nitrogen and oxygen atoms in total. The molecular formula is C23H17FN4OS. The van der Waals surface area contributed by atoms with E-state index in [9.17, 15) is 0 Å². The van der Waals surface area contributed by atoms with E-state index >= 15 is 4.39 Å². The van der Waals surface area contributed by atoms with Gasteiger partial charge in [0.05, 0.1) is 5.70 Å². The van der Waals surface area contributed by atoms with Crippen LogP contribution in [0.25, 0.3) is 5.70 Å². The molecular weight excluding hydrogens is 399 g/mol. The molecule has 0 amide bonds. The molecule has 0 bridgehead atoms. The van der Waals surface area contributed by atoms with Gasteiger partial charge in [0.15, 0.2) is 6.10 Å². The smallest absolute Gasteiger partial charge is 0.226 e. The third-order valence-electron chi connectivity index (χ3n) is 5.57. The van der Waals surface area contributed by atoms with Gasteiger partial charge in [-0.25, -0.2) is 9.07 Å². The van der Waals surface area contributed by atoms with E-state index in [0.29, 0.717) is 11.5 Å². The van der Waals surface area contributed by atoms with Crippen molar-refractivity contribution < 1.29 is 9.13 Å². The Balaban J connectivity index is 1.67. The van der Waals surface area contributed by atoms with Crippen LogP contribution in [0.5, 0.6) is 5.75 Å². The number of aromatic nitrogens is 3. The van der Waals surface area contributed by atoms with Gasteiger partial charge in [0.2, 0.25) is 5.95 Å². The van der Waals surface area contributed by atoms with Gasteiger partial charge in [-0.3, -0.25) is 0 Å². The van der Waals surface area contributed by atoms with Crippen LogP contribution in [0.2, 0.25) is 0 Å². The van der Waals surface area contributed by atoms with Crippen LogP contribution in [0, 0.1) is 12.7 Å². The molecule has 2 aliphatic rings. The van der Waals surface area contributed by atoms with E-state index < -0.39 is 6.04 Å². The van der Waals surface area contributed by atoms with Crippen LogP contribution in [0.15, 0.2) is 71.9 Å². The number of ether oxygens (including phenoxy) is 1. The summed E-state index contributed by atoms with van der Waals surface area (Å²) in [5.74, 6) is 1.10. The van der Waals surface area contributed by atoms with Crippen molar-refractivity contribution >= 4 is 23.0 Å². The van der Waals surface area contributed by atoms with E-state index in [1.807, 2.05) is 36.6 Å². The van der Waals surface area contributed by atoms with Gasteiger partial charge in [-0.15, -0.1) is 11.3 Å². The molecule has 1 N–H and O–H groups in total. The molecule has 148 valence electrons. The van der Waals surface area contributed by atoms with Gasteiger partial charge >= 0.3 is 0 Å². The average Bonchev–Trinajstić information content (AvgIpc) is 3.44. The van der Waals surface area contributed by atoms with Gasteiger partial charge < -0.3 is 10.1 Å². The lowest BCUT2D eigenvalue weighted by atomic mass is 9.86. The lowest BCUT2D eigenvalue weighted by Crippen LogP contribution is -2.32. The van der Waals surface area contributed by atoms with E-state index in [-0.39, 0.29) is 11.9 Å². The van der Waals surface area contributed by atoms with Gasteiger partial charge in [0.25, 0.3) is 0 Å². The summed E-state index contributed by atoms with van der Waals surface area (Å²) in [6.45, 7) is 2.05. The topological polar surface area (TPSA) is 52.0 Å². The van der Waals surface area contributed by atoms with Crippen LogP contribution >= 0.6 is 11.3 Å². The molecule has 2 aromatic carbocycles. The number of halogens is 1. The van der Waals surface area contributed by atoms with Gasteiger partial charge in [0.1, 0.15) is 23.9 Å². The van der Waals surface area contributed by atoms with Crippen molar-refractivity contribution in [3.8, 4) is 5.75 Å². The monoisotopic (exact) mass is 416 g/mol. The highest BCUT2D eigenvalue weighted by Crippen LogP contribution is 2.51. The molecule has 4 aromatic rings. The summed E-state index contributed by atoms with van der Waals surface area (Å²) in [6.07, 6.45) is 1.14. The quantitative estimate of drug-likeness (QED) is 0.479. The zero-order valence-electron chi connectivity index (χ0n) is 16.0. The number of nitrogens with zero attached hydrogens (tertiary/aromatic N) is 3. The number of thiophene rings is 1. The number of benzene rings is 2. The summed E-state index contributed by atoms with van der Waals surface area (Å²) in [6, 6.07) is 16.5. The van der Waals surface area contributed by atoms with Gasteiger partial charge in [-0.05, 0) is 36.6 Å². The van der Waals surface area contributed by atoms with Crippen molar-refractivity contribution in [3.05, 3.63) is 99.3 Å². The Morgan fingerprint density at radius 2 is 2.03 bits per heavy atom. The molecule has 2 atom stereocenters. The Kier molecular flexibility index (Phi) is 3.79. The standard InChI is InChI=1S/C23H17FN4OS/c1-13-8-9-17-15(11-13)20-19(22(29-17)18-7-4-10-30-18)21(14-5-2-3-6-16(14)24)28-23(27-20)25-12-26-28/h2-12,21-22H,1H3,(H,25,26,27)/t21-,22-/m0/s1. The molecule has 2 aliphatic heterocycles. The maximum absolute atomic E-state index is 15.0. The van der Waals surface area contributed by atoms with Crippen LogP contribution in [0.3, 0.4) is 0 Å². The second kappa shape index (κ2) is 6.53. The van der Waals surface area contributed by atoms with Crippen LogP contribution < -0.4 is 10.1 Å². The highest BCUT2D eigenvalue weighted by molar-refractivity contribution is 7.10. The molecule has 0 saturated carbocycles. The molecule has 0 spiro atoms. The number of anilines is 1. The Morgan fingerprint density at radius 3 is 2.87 bits per heavy atom. The molecule has 7 heteroatoms. The first-order valence-electron chi connectivity index (χ1n) is 9.67. The predicted molar refractivity (Wildman–Crippen MR) is 114 cm³/mol. The van der Waals surface area contributed by atoms with E-state index in [1.165, 1.54) is 12.4 Å². The molecule has 0 radical (unpaired) electrons. The normalized spacial score (nSPS) is 19.4. The number of hydrogen-bond acceptors (Lipinski definition) is 5. The molecule has 0 fully saturated rings. The maximum atomic E-state index is 15.0. The maximum Gasteiger partial charge on any atom is 0.226 e. The Bertz CT molecular complexity index is 1290.